The molecule has 5 nitrogen and oxygen atoms in total. The number of carbonyl (C=O) groups excluding carboxylic acids is 1. The van der Waals surface area contributed by atoms with E-state index in [2.05, 4.69) is 5.32 Å². The Morgan fingerprint density at radius 1 is 1.23 bits per heavy atom. The molecule has 0 spiro atoms. The second-order valence-electron chi connectivity index (χ2n) is 6.67. The summed E-state index contributed by atoms with van der Waals surface area (Å²) in [5.74, 6) is 0.887. The minimum atomic E-state index is -0.0268. The van der Waals surface area contributed by atoms with Crippen LogP contribution >= 0.6 is 12.4 Å². The summed E-state index contributed by atoms with van der Waals surface area (Å²) in [5.41, 5.74) is 8.01. The fourth-order valence-corrected chi connectivity index (χ4v) is 3.91. The van der Waals surface area contributed by atoms with Gasteiger partial charge in [0, 0.05) is 22.8 Å². The number of amides is 1. The van der Waals surface area contributed by atoms with Gasteiger partial charge in [-0.2, -0.15) is 0 Å². The molecule has 26 heavy (non-hydrogen) atoms. The zero-order chi connectivity index (χ0) is 17.4. The lowest BCUT2D eigenvalue weighted by atomic mass is 9.95. The predicted molar refractivity (Wildman–Crippen MR) is 106 cm³/mol. The standard InChI is InChI=1S/C20H22N2O3.ClH/c1-24-19-9-15-14-6-2-3-8-17(14)25-18(15)10-16(19)22-20(23)13-7-4-5-12(13)11-21;/h2-3,6,8-10,12-13H,4-5,7,11,21H2,1H3,(H,22,23);1H/t12-,13-;/m1./s1. The van der Waals surface area contributed by atoms with Gasteiger partial charge < -0.3 is 20.2 Å². The van der Waals surface area contributed by atoms with E-state index in [1.807, 2.05) is 36.4 Å². The summed E-state index contributed by atoms with van der Waals surface area (Å²) in [6.07, 6.45) is 2.97. The third-order valence-corrected chi connectivity index (χ3v) is 5.26. The number of nitrogens with one attached hydrogen (secondary N) is 1. The van der Waals surface area contributed by atoms with Crippen molar-refractivity contribution >= 4 is 45.9 Å². The van der Waals surface area contributed by atoms with Crippen LogP contribution in [0.5, 0.6) is 5.75 Å². The van der Waals surface area contributed by atoms with Crippen LogP contribution in [-0.4, -0.2) is 19.6 Å². The van der Waals surface area contributed by atoms with E-state index in [0.717, 1.165) is 41.2 Å². The highest BCUT2D eigenvalue weighted by Crippen LogP contribution is 2.38. The first-order valence-electron chi connectivity index (χ1n) is 8.71. The van der Waals surface area contributed by atoms with Gasteiger partial charge in [0.2, 0.25) is 5.91 Å². The molecular formula is C20H23ClN2O3. The SMILES string of the molecule is COc1cc2c(cc1NC(=O)[C@@H]1CCC[C@@H]1CN)oc1ccccc12.Cl. The van der Waals surface area contributed by atoms with Crippen LogP contribution in [0.2, 0.25) is 0 Å². The van der Waals surface area contributed by atoms with Crippen LogP contribution in [0.3, 0.4) is 0 Å². The van der Waals surface area contributed by atoms with E-state index < -0.39 is 0 Å². The monoisotopic (exact) mass is 374 g/mol. The number of benzene rings is 2. The molecular weight excluding hydrogens is 352 g/mol. The third kappa shape index (κ3) is 3.13. The summed E-state index contributed by atoms with van der Waals surface area (Å²) in [6.45, 7) is 0.553. The van der Waals surface area contributed by atoms with E-state index in [4.69, 9.17) is 14.9 Å². The van der Waals surface area contributed by atoms with Gasteiger partial charge in [0.25, 0.3) is 0 Å². The van der Waals surface area contributed by atoms with Gasteiger partial charge in [-0.25, -0.2) is 0 Å². The summed E-state index contributed by atoms with van der Waals surface area (Å²) in [5, 5.41) is 5.04. The number of methoxy groups -OCH3 is 1. The number of fused-ring (bicyclic) bond motifs is 3. The van der Waals surface area contributed by atoms with Crippen LogP contribution in [0.25, 0.3) is 21.9 Å². The number of halogens is 1. The number of hydrogen-bond acceptors (Lipinski definition) is 4. The Labute approximate surface area is 158 Å². The first-order chi connectivity index (χ1) is 12.2. The van der Waals surface area contributed by atoms with Crippen LogP contribution in [0.15, 0.2) is 40.8 Å². The zero-order valence-corrected chi connectivity index (χ0v) is 15.5. The molecule has 0 aliphatic heterocycles. The van der Waals surface area contributed by atoms with Crippen molar-refractivity contribution in [3.05, 3.63) is 36.4 Å². The number of nitrogens with two attached hydrogens (primary N) is 1. The highest BCUT2D eigenvalue weighted by Gasteiger charge is 2.32. The summed E-state index contributed by atoms with van der Waals surface area (Å²) in [7, 11) is 1.61. The normalized spacial score (nSPS) is 19.5. The molecule has 1 aliphatic rings. The topological polar surface area (TPSA) is 77.5 Å². The van der Waals surface area contributed by atoms with E-state index in [0.29, 0.717) is 18.0 Å². The molecule has 0 saturated heterocycles. The van der Waals surface area contributed by atoms with Crippen molar-refractivity contribution < 1.29 is 13.9 Å². The van der Waals surface area contributed by atoms with Gasteiger partial charge in [-0.3, -0.25) is 4.79 Å². The molecule has 0 bridgehead atoms. The summed E-state index contributed by atoms with van der Waals surface area (Å²) in [4.78, 5) is 12.7. The van der Waals surface area contributed by atoms with Crippen LogP contribution in [0, 0.1) is 11.8 Å². The molecule has 1 aliphatic carbocycles. The fourth-order valence-electron chi connectivity index (χ4n) is 3.91. The molecule has 2 aromatic carbocycles. The molecule has 1 aromatic heterocycles. The molecule has 1 saturated carbocycles. The van der Waals surface area contributed by atoms with Crippen LogP contribution in [0.1, 0.15) is 19.3 Å². The van der Waals surface area contributed by atoms with Crippen LogP contribution in [0.4, 0.5) is 5.69 Å². The maximum absolute atomic E-state index is 12.7. The predicted octanol–water partition coefficient (Wildman–Crippen LogP) is 4.33. The van der Waals surface area contributed by atoms with Gasteiger partial charge in [-0.15, -0.1) is 12.4 Å². The van der Waals surface area contributed by atoms with Crippen molar-refractivity contribution in [3.8, 4) is 5.75 Å². The smallest absolute Gasteiger partial charge is 0.227 e. The maximum Gasteiger partial charge on any atom is 0.227 e. The molecule has 1 heterocycles. The third-order valence-electron chi connectivity index (χ3n) is 5.26. The van der Waals surface area contributed by atoms with Gasteiger partial charge in [-0.1, -0.05) is 24.6 Å². The van der Waals surface area contributed by atoms with Crippen molar-refractivity contribution in [2.24, 2.45) is 17.6 Å². The molecule has 4 rings (SSSR count). The number of carbonyl (C=O) groups is 1. The lowest BCUT2D eigenvalue weighted by Gasteiger charge is -2.18. The van der Waals surface area contributed by atoms with Crippen LogP contribution < -0.4 is 15.8 Å². The highest BCUT2D eigenvalue weighted by atomic mass is 35.5. The Balaban J connectivity index is 0.00000196. The molecule has 0 radical (unpaired) electrons. The number of anilines is 1. The highest BCUT2D eigenvalue weighted by molar-refractivity contribution is 6.07. The number of furan rings is 1. The first kappa shape index (κ1) is 18.5. The van der Waals surface area contributed by atoms with E-state index in [-0.39, 0.29) is 30.2 Å². The Morgan fingerprint density at radius 2 is 2.04 bits per heavy atom. The Bertz CT molecular complexity index is 937. The lowest BCUT2D eigenvalue weighted by molar-refractivity contribution is -0.120. The Kier molecular flexibility index (Phi) is 5.39. The van der Waals surface area contributed by atoms with Crippen molar-refractivity contribution in [1.29, 1.82) is 0 Å². The summed E-state index contributed by atoms with van der Waals surface area (Å²) >= 11 is 0. The van der Waals surface area contributed by atoms with E-state index >= 15 is 0 Å². The molecule has 6 heteroatoms. The quantitative estimate of drug-likeness (QED) is 0.712. The van der Waals surface area contributed by atoms with Crippen molar-refractivity contribution in [1.82, 2.24) is 0 Å². The summed E-state index contributed by atoms with van der Waals surface area (Å²) in [6, 6.07) is 11.6. The van der Waals surface area contributed by atoms with Gasteiger partial charge in [-0.05, 0) is 37.4 Å². The van der Waals surface area contributed by atoms with E-state index in [1.54, 1.807) is 7.11 Å². The molecule has 1 fully saturated rings. The average molecular weight is 375 g/mol. The Morgan fingerprint density at radius 3 is 2.81 bits per heavy atom. The molecule has 3 aromatic rings. The van der Waals surface area contributed by atoms with Gasteiger partial charge >= 0.3 is 0 Å². The zero-order valence-electron chi connectivity index (χ0n) is 14.7. The number of para-hydroxylation sites is 1. The maximum atomic E-state index is 12.7. The van der Waals surface area contributed by atoms with Crippen molar-refractivity contribution in [2.45, 2.75) is 19.3 Å². The molecule has 2 atom stereocenters. The average Bonchev–Trinajstić information content (AvgIpc) is 3.24. The molecule has 138 valence electrons. The van der Waals surface area contributed by atoms with Crippen molar-refractivity contribution in [2.75, 3.05) is 19.0 Å². The number of rotatable bonds is 4. The first-order valence-corrected chi connectivity index (χ1v) is 8.71. The van der Waals surface area contributed by atoms with E-state index in [9.17, 15) is 4.79 Å². The second-order valence-corrected chi connectivity index (χ2v) is 6.67. The second kappa shape index (κ2) is 7.56. The number of hydrogen-bond donors (Lipinski definition) is 2. The Hall–Kier alpha value is -2.24. The molecule has 3 N–H and O–H groups in total. The van der Waals surface area contributed by atoms with Gasteiger partial charge in [0.05, 0.1) is 12.8 Å². The molecule has 1 amide bonds. The van der Waals surface area contributed by atoms with Gasteiger partial charge in [0.1, 0.15) is 16.9 Å². The van der Waals surface area contributed by atoms with Crippen LogP contribution in [-0.2, 0) is 4.79 Å². The largest absolute Gasteiger partial charge is 0.495 e. The minimum absolute atomic E-state index is 0. The van der Waals surface area contributed by atoms with Crippen molar-refractivity contribution in [3.63, 3.8) is 0 Å². The van der Waals surface area contributed by atoms with E-state index in [1.165, 1.54) is 0 Å². The minimum Gasteiger partial charge on any atom is -0.495 e. The van der Waals surface area contributed by atoms with Gasteiger partial charge in [0.15, 0.2) is 0 Å². The fraction of sp³-hybridized carbons (Fsp3) is 0.350. The summed E-state index contributed by atoms with van der Waals surface area (Å²) < 4.78 is 11.4. The lowest BCUT2D eigenvalue weighted by Crippen LogP contribution is -2.29. The number of ether oxygens (including phenoxy) is 1. The molecule has 0 unspecified atom stereocenters.